The highest BCUT2D eigenvalue weighted by Crippen LogP contribution is 2.00. The Balaban J connectivity index is 2.71. The van der Waals surface area contributed by atoms with Gasteiger partial charge in [0.2, 0.25) is 0 Å². The van der Waals surface area contributed by atoms with Gasteiger partial charge in [-0.15, -0.1) is 0 Å². The lowest BCUT2D eigenvalue weighted by Gasteiger charge is -1.98. The third-order valence-corrected chi connectivity index (χ3v) is 1.47. The minimum Gasteiger partial charge on any atom is -0.380 e. The molecule has 0 radical (unpaired) electrons. The predicted molar refractivity (Wildman–Crippen MR) is 48.8 cm³/mol. The highest BCUT2D eigenvalue weighted by atomic mass is 16.6. The summed E-state index contributed by atoms with van der Waals surface area (Å²) in [6.07, 6.45) is 0. The van der Waals surface area contributed by atoms with Crippen LogP contribution >= 0.6 is 0 Å². The molecule has 0 aromatic heterocycles. The first-order valence-electron chi connectivity index (χ1n) is 3.76. The topological polar surface area (TPSA) is 47.6 Å². The van der Waals surface area contributed by atoms with E-state index in [-0.39, 0.29) is 6.73 Å². The Morgan fingerprint density at radius 3 is 2.67 bits per heavy atom. The van der Waals surface area contributed by atoms with Gasteiger partial charge in [0.25, 0.3) is 0 Å². The Hall–Kier alpha value is -1.35. The number of oxime groups is 1. The minimum atomic E-state index is 0.115. The monoisotopic (exact) mass is 164 g/mol. The summed E-state index contributed by atoms with van der Waals surface area (Å²) in [5.74, 6) is 0. The van der Waals surface area contributed by atoms with E-state index in [1.54, 1.807) is 0 Å². The molecular formula is C9H12N2O. The molecule has 0 unspecified atom stereocenters. The maximum atomic E-state index is 5.13. The summed E-state index contributed by atoms with van der Waals surface area (Å²) in [7, 11) is 0. The quantitative estimate of drug-likeness (QED) is 0.416. The Labute approximate surface area is 71.8 Å². The SMILES string of the molecule is CC(=NOCN)c1ccccc1. The largest absolute Gasteiger partial charge is 0.380 e. The van der Waals surface area contributed by atoms with Gasteiger partial charge >= 0.3 is 0 Å². The maximum Gasteiger partial charge on any atom is 0.165 e. The van der Waals surface area contributed by atoms with Crippen LogP contribution in [0.2, 0.25) is 0 Å². The van der Waals surface area contributed by atoms with E-state index in [9.17, 15) is 0 Å². The van der Waals surface area contributed by atoms with Gasteiger partial charge in [-0.1, -0.05) is 35.5 Å². The number of nitrogens with two attached hydrogens (primary N) is 1. The molecule has 3 nitrogen and oxygen atoms in total. The van der Waals surface area contributed by atoms with Crippen molar-refractivity contribution in [2.45, 2.75) is 6.92 Å². The van der Waals surface area contributed by atoms with E-state index in [0.717, 1.165) is 11.3 Å². The Morgan fingerprint density at radius 1 is 1.42 bits per heavy atom. The Bertz CT molecular complexity index is 256. The van der Waals surface area contributed by atoms with Crippen LogP contribution in [0.1, 0.15) is 12.5 Å². The van der Waals surface area contributed by atoms with Crippen molar-refractivity contribution in [2.24, 2.45) is 10.9 Å². The third kappa shape index (κ3) is 2.36. The summed E-state index contributed by atoms with van der Waals surface area (Å²) in [5.41, 5.74) is 7.01. The van der Waals surface area contributed by atoms with Crippen LogP contribution in [0.15, 0.2) is 35.5 Å². The molecule has 0 amide bonds. The molecule has 12 heavy (non-hydrogen) atoms. The van der Waals surface area contributed by atoms with Gasteiger partial charge in [-0.2, -0.15) is 0 Å². The molecule has 0 atom stereocenters. The molecule has 0 spiro atoms. The lowest BCUT2D eigenvalue weighted by atomic mass is 10.1. The Morgan fingerprint density at radius 2 is 2.08 bits per heavy atom. The van der Waals surface area contributed by atoms with E-state index in [1.165, 1.54) is 0 Å². The van der Waals surface area contributed by atoms with Crippen LogP contribution in [-0.4, -0.2) is 12.4 Å². The minimum absolute atomic E-state index is 0.115. The molecule has 0 heterocycles. The maximum absolute atomic E-state index is 5.13. The second-order valence-electron chi connectivity index (χ2n) is 2.34. The molecule has 0 aliphatic heterocycles. The molecule has 0 bridgehead atoms. The van der Waals surface area contributed by atoms with Crippen LogP contribution in [0.4, 0.5) is 0 Å². The van der Waals surface area contributed by atoms with Crippen molar-refractivity contribution >= 4 is 5.71 Å². The smallest absolute Gasteiger partial charge is 0.165 e. The number of benzene rings is 1. The van der Waals surface area contributed by atoms with E-state index < -0.39 is 0 Å². The first kappa shape index (κ1) is 8.74. The molecule has 2 N–H and O–H groups in total. The summed E-state index contributed by atoms with van der Waals surface area (Å²) in [6.45, 7) is 2.00. The normalized spacial score (nSPS) is 11.3. The molecule has 64 valence electrons. The molecule has 0 aliphatic carbocycles. The van der Waals surface area contributed by atoms with Crippen LogP contribution < -0.4 is 5.73 Å². The molecular weight excluding hydrogens is 152 g/mol. The lowest BCUT2D eigenvalue weighted by Crippen LogP contribution is -2.02. The summed E-state index contributed by atoms with van der Waals surface area (Å²) < 4.78 is 0. The molecule has 1 rings (SSSR count). The van der Waals surface area contributed by atoms with E-state index in [4.69, 9.17) is 10.6 Å². The van der Waals surface area contributed by atoms with Crippen molar-refractivity contribution in [3.63, 3.8) is 0 Å². The fourth-order valence-corrected chi connectivity index (χ4v) is 0.866. The fourth-order valence-electron chi connectivity index (χ4n) is 0.866. The van der Waals surface area contributed by atoms with Gasteiger partial charge in [-0.05, 0) is 12.5 Å². The number of hydrogen-bond acceptors (Lipinski definition) is 3. The predicted octanol–water partition coefficient (Wildman–Crippen LogP) is 1.34. The van der Waals surface area contributed by atoms with Crippen LogP contribution in [0, 0.1) is 0 Å². The van der Waals surface area contributed by atoms with E-state index in [1.807, 2.05) is 37.3 Å². The average Bonchev–Trinajstić information content (AvgIpc) is 2.15. The number of nitrogens with zero attached hydrogens (tertiary/aromatic N) is 1. The zero-order valence-electron chi connectivity index (χ0n) is 7.03. The van der Waals surface area contributed by atoms with Crippen LogP contribution in [0.25, 0.3) is 0 Å². The first-order chi connectivity index (χ1) is 5.84. The number of rotatable bonds is 3. The van der Waals surface area contributed by atoms with Gasteiger partial charge in [-0.3, -0.25) is 5.73 Å². The molecule has 0 saturated heterocycles. The highest BCUT2D eigenvalue weighted by molar-refractivity contribution is 5.98. The van der Waals surface area contributed by atoms with Crippen molar-refractivity contribution in [1.82, 2.24) is 0 Å². The summed E-state index contributed by atoms with van der Waals surface area (Å²) in [4.78, 5) is 4.72. The molecule has 0 aliphatic rings. The van der Waals surface area contributed by atoms with Gasteiger partial charge in [0.1, 0.15) is 0 Å². The second kappa shape index (κ2) is 4.51. The summed E-state index contributed by atoms with van der Waals surface area (Å²) >= 11 is 0. The van der Waals surface area contributed by atoms with Gasteiger partial charge in [0.05, 0.1) is 5.71 Å². The molecule has 1 aromatic rings. The average molecular weight is 164 g/mol. The van der Waals surface area contributed by atoms with Crippen molar-refractivity contribution in [2.75, 3.05) is 6.73 Å². The molecule has 1 aromatic carbocycles. The van der Waals surface area contributed by atoms with Crippen molar-refractivity contribution in [3.8, 4) is 0 Å². The zero-order valence-corrected chi connectivity index (χ0v) is 7.03. The zero-order chi connectivity index (χ0) is 8.81. The van der Waals surface area contributed by atoms with E-state index >= 15 is 0 Å². The van der Waals surface area contributed by atoms with Crippen LogP contribution in [-0.2, 0) is 4.84 Å². The second-order valence-corrected chi connectivity index (χ2v) is 2.34. The van der Waals surface area contributed by atoms with Crippen molar-refractivity contribution in [3.05, 3.63) is 35.9 Å². The van der Waals surface area contributed by atoms with Gasteiger partial charge in [0, 0.05) is 0 Å². The summed E-state index contributed by atoms with van der Waals surface area (Å²) in [6, 6.07) is 9.81. The fraction of sp³-hybridized carbons (Fsp3) is 0.222. The molecule has 0 fully saturated rings. The standard InChI is InChI=1S/C9H12N2O/c1-8(11-12-7-10)9-5-3-2-4-6-9/h2-6H,7,10H2,1H3. The first-order valence-corrected chi connectivity index (χ1v) is 3.76. The van der Waals surface area contributed by atoms with Gasteiger partial charge in [-0.25, -0.2) is 0 Å². The van der Waals surface area contributed by atoms with Gasteiger partial charge < -0.3 is 4.84 Å². The third-order valence-electron chi connectivity index (χ3n) is 1.47. The van der Waals surface area contributed by atoms with Crippen LogP contribution in [0.3, 0.4) is 0 Å². The van der Waals surface area contributed by atoms with E-state index in [0.29, 0.717) is 0 Å². The van der Waals surface area contributed by atoms with E-state index in [2.05, 4.69) is 5.16 Å². The Kier molecular flexibility index (Phi) is 3.29. The van der Waals surface area contributed by atoms with Crippen molar-refractivity contribution < 1.29 is 4.84 Å². The highest BCUT2D eigenvalue weighted by Gasteiger charge is 1.94. The number of hydrogen-bond donors (Lipinski definition) is 1. The lowest BCUT2D eigenvalue weighted by molar-refractivity contribution is 0.152. The van der Waals surface area contributed by atoms with Crippen LogP contribution in [0.5, 0.6) is 0 Å². The van der Waals surface area contributed by atoms with Gasteiger partial charge in [0.15, 0.2) is 6.73 Å². The van der Waals surface area contributed by atoms with Crippen molar-refractivity contribution in [1.29, 1.82) is 0 Å². The molecule has 0 saturated carbocycles. The summed E-state index contributed by atoms with van der Waals surface area (Å²) in [5, 5.41) is 3.80. The molecule has 3 heteroatoms.